The number of ether oxygens (including phenoxy) is 2. The molecule has 0 atom stereocenters. The highest BCUT2D eigenvalue weighted by Gasteiger charge is 2.31. The van der Waals surface area contributed by atoms with Crippen LogP contribution in [0.1, 0.15) is 26.5 Å². The van der Waals surface area contributed by atoms with Crippen LogP contribution in [0.2, 0.25) is 0 Å². The fourth-order valence-corrected chi connectivity index (χ4v) is 3.47. The van der Waals surface area contributed by atoms with Gasteiger partial charge in [-0.1, -0.05) is 6.07 Å². The van der Waals surface area contributed by atoms with Crippen LogP contribution < -0.4 is 25.7 Å². The zero-order chi connectivity index (χ0) is 29.0. The number of amides is 2. The number of hydrogen-bond acceptors (Lipinski definition) is 7. The number of carbonyl (C=O) groups excluding carboxylic acids is 2. The molecule has 0 fully saturated rings. The van der Waals surface area contributed by atoms with Crippen molar-refractivity contribution in [2.45, 2.75) is 13.3 Å². The van der Waals surface area contributed by atoms with Crippen molar-refractivity contribution >= 4 is 17.5 Å². The summed E-state index contributed by atoms with van der Waals surface area (Å²) < 4.78 is 62.6. The van der Waals surface area contributed by atoms with E-state index in [1.54, 1.807) is 0 Å². The van der Waals surface area contributed by atoms with Crippen molar-refractivity contribution in [3.8, 4) is 22.9 Å². The first-order valence-electron chi connectivity index (χ1n) is 11.4. The van der Waals surface area contributed by atoms with E-state index in [0.717, 1.165) is 28.9 Å². The van der Waals surface area contributed by atoms with E-state index in [1.165, 1.54) is 56.6 Å². The average Bonchev–Trinajstić information content (AvgIpc) is 2.89. The molecule has 0 unspecified atom stereocenters. The Morgan fingerprint density at radius 3 is 2.45 bits per heavy atom. The summed E-state index contributed by atoms with van der Waals surface area (Å²) >= 11 is 0. The molecular weight excluding hydrogens is 538 g/mol. The largest absolute Gasteiger partial charge is 0.573 e. The van der Waals surface area contributed by atoms with Gasteiger partial charge in [0.05, 0.1) is 5.69 Å². The molecule has 0 spiro atoms. The van der Waals surface area contributed by atoms with Crippen molar-refractivity contribution in [2.24, 2.45) is 0 Å². The zero-order valence-corrected chi connectivity index (χ0v) is 20.7. The lowest BCUT2D eigenvalue weighted by molar-refractivity contribution is -0.274. The van der Waals surface area contributed by atoms with Gasteiger partial charge in [-0.2, -0.15) is 9.78 Å². The normalized spacial score (nSPS) is 11.1. The molecule has 40 heavy (non-hydrogen) atoms. The summed E-state index contributed by atoms with van der Waals surface area (Å²) in [6.07, 6.45) is -3.63. The van der Waals surface area contributed by atoms with Crippen molar-refractivity contribution in [1.29, 1.82) is 0 Å². The molecule has 2 amide bonds. The van der Waals surface area contributed by atoms with Crippen molar-refractivity contribution in [3.63, 3.8) is 0 Å². The van der Waals surface area contributed by atoms with Crippen LogP contribution in [-0.2, 0) is 0 Å². The number of anilines is 1. The van der Waals surface area contributed by atoms with Crippen LogP contribution in [0.15, 0.2) is 71.7 Å². The molecule has 2 aromatic heterocycles. The third kappa shape index (κ3) is 6.59. The highest BCUT2D eigenvalue weighted by atomic mass is 19.4. The summed E-state index contributed by atoms with van der Waals surface area (Å²) in [5.41, 5.74) is -0.763. The number of nitrogens with zero attached hydrogens (tertiary/aromatic N) is 3. The SMILES string of the molecule is CNC(=O)c1cc(Oc2ccc(NC(=O)c3nn(-c4cccc(OC(F)(F)F)c4)c(=O)cc3C)cc2F)ccn1. The first-order chi connectivity index (χ1) is 18.9. The van der Waals surface area contributed by atoms with Gasteiger partial charge in [-0.3, -0.25) is 19.4 Å². The standard InChI is InChI=1S/C26H19F4N5O5/c1-14-10-22(36)35(16-4-3-5-18(12-16)40-26(28,29)30)34-23(14)25(38)33-15-6-7-21(19(27)11-15)39-17-8-9-32-20(13-17)24(37)31-2/h3-13H,1-2H3,(H,31,37)(H,33,38). The maximum Gasteiger partial charge on any atom is 0.573 e. The summed E-state index contributed by atoms with van der Waals surface area (Å²) in [5, 5.41) is 8.87. The number of aryl methyl sites for hydroxylation is 1. The van der Waals surface area contributed by atoms with Crippen LogP contribution in [-0.4, -0.2) is 40.0 Å². The van der Waals surface area contributed by atoms with Crippen LogP contribution in [0.3, 0.4) is 0 Å². The molecule has 206 valence electrons. The maximum absolute atomic E-state index is 14.8. The van der Waals surface area contributed by atoms with Gasteiger partial charge >= 0.3 is 6.36 Å². The van der Waals surface area contributed by atoms with E-state index < -0.39 is 35.3 Å². The summed E-state index contributed by atoms with van der Waals surface area (Å²) in [5.74, 6) is -2.74. The number of rotatable bonds is 7. The minimum atomic E-state index is -4.95. The van der Waals surface area contributed by atoms with Gasteiger partial charge in [-0.15, -0.1) is 13.2 Å². The molecule has 0 saturated heterocycles. The molecule has 0 bridgehead atoms. The van der Waals surface area contributed by atoms with E-state index in [2.05, 4.69) is 25.5 Å². The van der Waals surface area contributed by atoms with Gasteiger partial charge in [-0.25, -0.2) is 4.39 Å². The van der Waals surface area contributed by atoms with Gasteiger partial charge in [0.1, 0.15) is 17.2 Å². The van der Waals surface area contributed by atoms with Crippen molar-refractivity contribution in [1.82, 2.24) is 20.1 Å². The predicted octanol–water partition coefficient (Wildman–Crippen LogP) is 4.38. The lowest BCUT2D eigenvalue weighted by Crippen LogP contribution is -2.26. The Kier molecular flexibility index (Phi) is 7.79. The Balaban J connectivity index is 1.55. The molecule has 0 saturated carbocycles. The fourth-order valence-electron chi connectivity index (χ4n) is 3.47. The Morgan fingerprint density at radius 1 is 0.975 bits per heavy atom. The Labute approximate surface area is 223 Å². The number of alkyl halides is 3. The predicted molar refractivity (Wildman–Crippen MR) is 133 cm³/mol. The van der Waals surface area contributed by atoms with Crippen molar-refractivity contribution in [2.75, 3.05) is 12.4 Å². The van der Waals surface area contributed by atoms with Crippen LogP contribution in [0.5, 0.6) is 17.2 Å². The van der Waals surface area contributed by atoms with Crippen LogP contribution in [0.25, 0.3) is 5.69 Å². The number of halogens is 4. The fraction of sp³-hybridized carbons (Fsp3) is 0.115. The smallest absolute Gasteiger partial charge is 0.454 e. The molecule has 0 aliphatic rings. The first kappa shape index (κ1) is 27.8. The summed E-state index contributed by atoms with van der Waals surface area (Å²) in [6.45, 7) is 1.44. The Morgan fingerprint density at radius 2 is 1.75 bits per heavy atom. The van der Waals surface area contributed by atoms with E-state index in [-0.39, 0.29) is 39.8 Å². The van der Waals surface area contributed by atoms with Crippen LogP contribution in [0.4, 0.5) is 23.2 Å². The monoisotopic (exact) mass is 557 g/mol. The number of aromatic nitrogens is 3. The highest BCUT2D eigenvalue weighted by Crippen LogP contribution is 2.27. The second-order valence-electron chi connectivity index (χ2n) is 8.13. The summed E-state index contributed by atoms with van der Waals surface area (Å²) in [6, 6.07) is 11.9. The lowest BCUT2D eigenvalue weighted by atomic mass is 10.2. The van der Waals surface area contributed by atoms with Gasteiger partial charge in [-0.05, 0) is 42.8 Å². The molecule has 2 heterocycles. The number of hydrogen-bond donors (Lipinski definition) is 2. The molecule has 14 heteroatoms. The summed E-state index contributed by atoms with van der Waals surface area (Å²) in [7, 11) is 1.43. The topological polar surface area (TPSA) is 124 Å². The second kappa shape index (κ2) is 11.2. The van der Waals surface area contributed by atoms with Gasteiger partial charge in [0.15, 0.2) is 17.3 Å². The third-order valence-corrected chi connectivity index (χ3v) is 5.24. The van der Waals surface area contributed by atoms with Crippen molar-refractivity contribution in [3.05, 3.63) is 100.0 Å². The van der Waals surface area contributed by atoms with E-state index >= 15 is 0 Å². The molecular formula is C26H19F4N5O5. The summed E-state index contributed by atoms with van der Waals surface area (Å²) in [4.78, 5) is 41.1. The van der Waals surface area contributed by atoms with E-state index in [9.17, 15) is 31.9 Å². The molecule has 4 rings (SSSR count). The van der Waals surface area contributed by atoms with E-state index in [1.807, 2.05) is 0 Å². The molecule has 2 aromatic carbocycles. The van der Waals surface area contributed by atoms with Gasteiger partial charge < -0.3 is 20.1 Å². The van der Waals surface area contributed by atoms with E-state index in [4.69, 9.17) is 4.74 Å². The van der Waals surface area contributed by atoms with Crippen molar-refractivity contribution < 1.29 is 36.6 Å². The number of pyridine rings is 1. The van der Waals surface area contributed by atoms with Gasteiger partial charge in [0.2, 0.25) is 0 Å². The molecule has 0 aliphatic carbocycles. The van der Waals surface area contributed by atoms with E-state index in [0.29, 0.717) is 0 Å². The average molecular weight is 557 g/mol. The number of nitrogens with one attached hydrogen (secondary N) is 2. The molecule has 2 N–H and O–H groups in total. The molecule has 0 radical (unpaired) electrons. The molecule has 0 aliphatic heterocycles. The number of carbonyl (C=O) groups is 2. The highest BCUT2D eigenvalue weighted by molar-refractivity contribution is 6.03. The number of benzene rings is 2. The molecule has 4 aromatic rings. The Bertz CT molecular complexity index is 1660. The second-order valence-corrected chi connectivity index (χ2v) is 8.13. The Hall–Kier alpha value is -5.27. The first-order valence-corrected chi connectivity index (χ1v) is 11.4. The molecule has 10 nitrogen and oxygen atoms in total. The third-order valence-electron chi connectivity index (χ3n) is 5.24. The minimum absolute atomic E-state index is 0.0233. The maximum atomic E-state index is 14.8. The zero-order valence-electron chi connectivity index (χ0n) is 20.7. The quantitative estimate of drug-likeness (QED) is 0.323. The lowest BCUT2D eigenvalue weighted by Gasteiger charge is -2.13. The van der Waals surface area contributed by atoms with Gasteiger partial charge in [0.25, 0.3) is 17.4 Å². The van der Waals surface area contributed by atoms with Crippen LogP contribution in [0, 0.1) is 12.7 Å². The minimum Gasteiger partial charge on any atom is -0.454 e. The van der Waals surface area contributed by atoms with Gasteiger partial charge in [0, 0.05) is 43.2 Å². The van der Waals surface area contributed by atoms with Crippen LogP contribution >= 0.6 is 0 Å².